The zero-order valence-corrected chi connectivity index (χ0v) is 11.8. The quantitative estimate of drug-likeness (QED) is 0.674. The third-order valence-electron chi connectivity index (χ3n) is 2.52. The van der Waals surface area contributed by atoms with Gasteiger partial charge in [-0.3, -0.25) is 4.90 Å². The number of hydrogen-bond acceptors (Lipinski definition) is 3. The first-order valence-corrected chi connectivity index (χ1v) is 6.57. The lowest BCUT2D eigenvalue weighted by atomic mass is 10.1. The Morgan fingerprint density at radius 1 is 1.39 bits per heavy atom. The van der Waals surface area contributed by atoms with Crippen molar-refractivity contribution in [1.82, 2.24) is 4.90 Å². The zero-order chi connectivity index (χ0) is 13.6. The van der Waals surface area contributed by atoms with Crippen molar-refractivity contribution in [3.63, 3.8) is 0 Å². The van der Waals surface area contributed by atoms with E-state index in [1.54, 1.807) is 4.90 Å². The average molecular weight is 253 g/mol. The Kier molecular flexibility index (Phi) is 5.33. The van der Waals surface area contributed by atoms with Crippen molar-refractivity contribution in [2.75, 3.05) is 6.54 Å². The highest BCUT2D eigenvalue weighted by Crippen LogP contribution is 2.20. The number of carbonyl (C=O) groups excluding carboxylic acids is 1. The van der Waals surface area contributed by atoms with Crippen molar-refractivity contribution in [1.29, 1.82) is 0 Å². The van der Waals surface area contributed by atoms with Gasteiger partial charge in [0, 0.05) is 19.4 Å². The third-order valence-corrected chi connectivity index (χ3v) is 2.52. The second-order valence-electron chi connectivity index (χ2n) is 5.37. The molecule has 0 spiro atoms. The minimum absolute atomic E-state index is 0.271. The van der Waals surface area contributed by atoms with Crippen LogP contribution in [0, 0.1) is 12.0 Å². The molecule has 0 aromatic heterocycles. The molecule has 0 N–H and O–H groups in total. The molecule has 1 aliphatic rings. The molecule has 1 fully saturated rings. The van der Waals surface area contributed by atoms with Gasteiger partial charge in [-0.1, -0.05) is 12.8 Å². The smallest absolute Gasteiger partial charge is 0.413 e. The molecule has 1 amide bonds. The van der Waals surface area contributed by atoms with E-state index in [2.05, 4.69) is 12.0 Å². The van der Waals surface area contributed by atoms with Gasteiger partial charge in [0.15, 0.2) is 6.23 Å². The monoisotopic (exact) mass is 253 g/mol. The Bertz CT molecular complexity index is 335. The van der Waals surface area contributed by atoms with Crippen LogP contribution in [0.15, 0.2) is 0 Å². The summed E-state index contributed by atoms with van der Waals surface area (Å²) >= 11 is 0. The Labute approximate surface area is 110 Å². The van der Waals surface area contributed by atoms with E-state index in [-0.39, 0.29) is 12.3 Å². The number of carbonyl (C=O) groups is 1. The number of likely N-dealkylation sites (tertiary alicyclic amines) is 1. The lowest BCUT2D eigenvalue weighted by molar-refractivity contribution is -0.0450. The lowest BCUT2D eigenvalue weighted by Crippen LogP contribution is -2.46. The number of nitrogens with zero attached hydrogens (tertiary/aromatic N) is 1. The topological polar surface area (TPSA) is 38.8 Å². The van der Waals surface area contributed by atoms with Gasteiger partial charge in [0.1, 0.15) is 11.7 Å². The number of rotatable bonds is 1. The van der Waals surface area contributed by atoms with E-state index in [9.17, 15) is 4.79 Å². The normalized spacial score (nSPS) is 19.8. The lowest BCUT2D eigenvalue weighted by Gasteiger charge is -2.34. The molecule has 1 saturated heterocycles. The van der Waals surface area contributed by atoms with Crippen LogP contribution in [0.5, 0.6) is 0 Å². The standard InChI is InChI=1S/C14H23NO3/c1-5-6-11-17-12-9-7-8-10-15(12)13(16)18-14(2,3)4/h12H,5,7-10H2,1-4H3. The molecule has 1 unspecified atom stereocenters. The zero-order valence-electron chi connectivity index (χ0n) is 11.8. The summed E-state index contributed by atoms with van der Waals surface area (Å²) in [7, 11) is 0. The van der Waals surface area contributed by atoms with E-state index in [0.29, 0.717) is 6.54 Å². The number of amides is 1. The summed E-state index contributed by atoms with van der Waals surface area (Å²) < 4.78 is 10.8. The van der Waals surface area contributed by atoms with E-state index in [1.807, 2.05) is 27.7 Å². The number of ether oxygens (including phenoxy) is 2. The molecule has 102 valence electrons. The van der Waals surface area contributed by atoms with Gasteiger partial charge in [-0.05, 0) is 33.6 Å². The maximum atomic E-state index is 12.0. The van der Waals surface area contributed by atoms with E-state index >= 15 is 0 Å². The summed E-state index contributed by atoms with van der Waals surface area (Å²) in [6.07, 6.45) is 5.67. The van der Waals surface area contributed by atoms with Gasteiger partial charge >= 0.3 is 6.09 Å². The summed E-state index contributed by atoms with van der Waals surface area (Å²) in [5.74, 6) is 2.85. The Hall–Kier alpha value is -1.37. The SMILES string of the molecule is CCC#COC1CCCCN1C(=O)OC(C)(C)C. The molecule has 18 heavy (non-hydrogen) atoms. The molecule has 1 heterocycles. The van der Waals surface area contributed by atoms with Gasteiger partial charge in [-0.2, -0.15) is 0 Å². The van der Waals surface area contributed by atoms with Gasteiger partial charge in [0.25, 0.3) is 0 Å². The van der Waals surface area contributed by atoms with E-state index in [4.69, 9.17) is 9.47 Å². The fourth-order valence-corrected chi connectivity index (χ4v) is 1.73. The molecule has 0 aliphatic carbocycles. The van der Waals surface area contributed by atoms with Crippen molar-refractivity contribution in [2.24, 2.45) is 0 Å². The minimum Gasteiger partial charge on any atom is -0.444 e. The van der Waals surface area contributed by atoms with Crippen LogP contribution in [0.2, 0.25) is 0 Å². The molecule has 0 saturated carbocycles. The fourth-order valence-electron chi connectivity index (χ4n) is 1.73. The Morgan fingerprint density at radius 2 is 2.11 bits per heavy atom. The third kappa shape index (κ3) is 4.87. The summed E-state index contributed by atoms with van der Waals surface area (Å²) in [6.45, 7) is 8.22. The highest BCUT2D eigenvalue weighted by molar-refractivity contribution is 5.68. The van der Waals surface area contributed by atoms with Crippen LogP contribution in [0.25, 0.3) is 0 Å². The van der Waals surface area contributed by atoms with Crippen LogP contribution < -0.4 is 0 Å². The van der Waals surface area contributed by atoms with Crippen molar-refractivity contribution in [3.8, 4) is 12.0 Å². The predicted molar refractivity (Wildman–Crippen MR) is 69.7 cm³/mol. The van der Waals surface area contributed by atoms with Gasteiger partial charge in [-0.25, -0.2) is 4.79 Å². The van der Waals surface area contributed by atoms with Crippen LogP contribution in [-0.2, 0) is 9.47 Å². The van der Waals surface area contributed by atoms with E-state index < -0.39 is 5.60 Å². The molecule has 0 radical (unpaired) electrons. The highest BCUT2D eigenvalue weighted by Gasteiger charge is 2.31. The first kappa shape index (κ1) is 14.7. The second-order valence-corrected chi connectivity index (χ2v) is 5.37. The van der Waals surface area contributed by atoms with Crippen LogP contribution in [-0.4, -0.2) is 29.4 Å². The molecule has 0 aromatic rings. The molecular formula is C14H23NO3. The van der Waals surface area contributed by atoms with Crippen molar-refractivity contribution in [3.05, 3.63) is 0 Å². The molecule has 1 atom stereocenters. The van der Waals surface area contributed by atoms with Crippen molar-refractivity contribution in [2.45, 2.75) is 65.2 Å². The van der Waals surface area contributed by atoms with Crippen molar-refractivity contribution < 1.29 is 14.3 Å². The molecule has 0 aromatic carbocycles. The maximum absolute atomic E-state index is 12.0. The fraction of sp³-hybridized carbons (Fsp3) is 0.786. The first-order valence-electron chi connectivity index (χ1n) is 6.57. The van der Waals surface area contributed by atoms with Crippen molar-refractivity contribution >= 4 is 6.09 Å². The molecule has 4 nitrogen and oxygen atoms in total. The summed E-state index contributed by atoms with van der Waals surface area (Å²) in [5.41, 5.74) is -0.478. The van der Waals surface area contributed by atoms with Crippen LogP contribution >= 0.6 is 0 Å². The number of hydrogen-bond donors (Lipinski definition) is 0. The van der Waals surface area contributed by atoms with Gasteiger partial charge in [0.05, 0.1) is 0 Å². The van der Waals surface area contributed by atoms with Gasteiger partial charge < -0.3 is 9.47 Å². The van der Waals surface area contributed by atoms with Gasteiger partial charge in [0.2, 0.25) is 0 Å². The summed E-state index contributed by atoms with van der Waals surface area (Å²) in [4.78, 5) is 13.7. The van der Waals surface area contributed by atoms with E-state index in [0.717, 1.165) is 25.7 Å². The summed E-state index contributed by atoms with van der Waals surface area (Å²) in [6, 6.07) is 0. The molecule has 0 bridgehead atoms. The van der Waals surface area contributed by atoms with Crippen LogP contribution in [0.4, 0.5) is 4.79 Å². The second kappa shape index (κ2) is 6.53. The predicted octanol–water partition coefficient (Wildman–Crippen LogP) is 3.12. The molecule has 1 aliphatic heterocycles. The maximum Gasteiger partial charge on any atom is 0.413 e. The van der Waals surface area contributed by atoms with E-state index in [1.165, 1.54) is 0 Å². The minimum atomic E-state index is -0.478. The highest BCUT2D eigenvalue weighted by atomic mass is 16.6. The Balaban J connectivity index is 2.61. The molecular weight excluding hydrogens is 230 g/mol. The summed E-state index contributed by atoms with van der Waals surface area (Å²) in [5, 5.41) is 0. The molecule has 1 rings (SSSR count). The number of piperidine rings is 1. The molecule has 4 heteroatoms. The van der Waals surface area contributed by atoms with Gasteiger partial charge in [-0.15, -0.1) is 0 Å². The average Bonchev–Trinajstić information content (AvgIpc) is 2.27. The Morgan fingerprint density at radius 3 is 2.72 bits per heavy atom. The first-order chi connectivity index (χ1) is 8.44. The largest absolute Gasteiger partial charge is 0.444 e. The van der Waals surface area contributed by atoms with Crippen LogP contribution in [0.1, 0.15) is 53.4 Å². The van der Waals surface area contributed by atoms with Crippen LogP contribution in [0.3, 0.4) is 0 Å².